The number of halogens is 4. The van der Waals surface area contributed by atoms with Gasteiger partial charge in [0.1, 0.15) is 0 Å². The molecule has 0 aromatic rings. The molecule has 0 fully saturated rings. The average Bonchev–Trinajstić information content (AvgIpc) is 2.15. The van der Waals surface area contributed by atoms with Gasteiger partial charge in [-0.3, -0.25) is 9.36 Å². The molecule has 0 amide bonds. The molecule has 0 atom stereocenters. The van der Waals surface area contributed by atoms with Crippen molar-refractivity contribution in [2.24, 2.45) is 0 Å². The van der Waals surface area contributed by atoms with Crippen LogP contribution in [0.2, 0.25) is 0 Å². The fourth-order valence-corrected chi connectivity index (χ4v) is 1.90. The molecule has 12 heteroatoms. The number of rotatable bonds is 6. The van der Waals surface area contributed by atoms with E-state index in [0.717, 1.165) is 0 Å². The zero-order valence-corrected chi connectivity index (χ0v) is 11.2. The van der Waals surface area contributed by atoms with Gasteiger partial charge in [-0.15, -0.1) is 0 Å². The van der Waals surface area contributed by atoms with E-state index in [9.17, 15) is 26.1 Å². The summed E-state index contributed by atoms with van der Waals surface area (Å²) >= 11 is 0. The maximum Gasteiger partial charge on any atom is 0.755 e. The lowest BCUT2D eigenvalue weighted by Crippen LogP contribution is -2.32. The molecule has 0 saturated carbocycles. The Kier molecular flexibility index (Phi) is 9.14. The first-order valence-corrected chi connectivity index (χ1v) is 7.31. The van der Waals surface area contributed by atoms with E-state index in [4.69, 9.17) is 10.2 Å². The molecule has 0 rings (SSSR count). The van der Waals surface area contributed by atoms with E-state index in [1.54, 1.807) is 0 Å². The van der Waals surface area contributed by atoms with Crippen LogP contribution < -0.4 is 0 Å². The zero-order valence-electron chi connectivity index (χ0n) is 9.43. The summed E-state index contributed by atoms with van der Waals surface area (Å²) in [5.74, 6) is 0. The quantitative estimate of drug-likeness (QED) is 0.338. The Labute approximate surface area is 101 Å². The third kappa shape index (κ3) is 8.91. The molecule has 0 spiro atoms. The van der Waals surface area contributed by atoms with Crippen molar-refractivity contribution in [1.82, 2.24) is 0 Å². The van der Waals surface area contributed by atoms with E-state index in [0.29, 0.717) is 0 Å². The van der Waals surface area contributed by atoms with Gasteiger partial charge in [-0.2, -0.15) is 0 Å². The lowest BCUT2D eigenvalue weighted by molar-refractivity contribution is -0.147. The van der Waals surface area contributed by atoms with Crippen LogP contribution in [0.5, 0.6) is 0 Å². The highest BCUT2D eigenvalue weighted by Gasteiger charge is 2.49. The SMILES string of the molecule is CCOP(=O)(OCC)C(O)(O)C=O.F[P+](F)(F)F. The summed E-state index contributed by atoms with van der Waals surface area (Å²) in [6, 6.07) is 0. The van der Waals surface area contributed by atoms with Gasteiger partial charge in [0.25, 0.3) is 0 Å². The van der Waals surface area contributed by atoms with Gasteiger partial charge in [0, 0.05) is 0 Å². The normalized spacial score (nSPS) is 12.7. The molecule has 0 aromatic heterocycles. The van der Waals surface area contributed by atoms with Crippen LogP contribution in [-0.2, 0) is 18.4 Å². The molecule has 0 aliphatic rings. The largest absolute Gasteiger partial charge is 0.755 e. The average molecular weight is 319 g/mol. The van der Waals surface area contributed by atoms with Crippen LogP contribution >= 0.6 is 16.1 Å². The fraction of sp³-hybridized carbons (Fsp3) is 0.833. The third-order valence-electron chi connectivity index (χ3n) is 1.16. The van der Waals surface area contributed by atoms with Crippen LogP contribution in [0.3, 0.4) is 0 Å². The molecule has 0 saturated heterocycles. The molecule has 2 N–H and O–H groups in total. The maximum absolute atomic E-state index is 11.5. The van der Waals surface area contributed by atoms with Crippen LogP contribution in [0.4, 0.5) is 16.8 Å². The molecule has 0 radical (unpaired) electrons. The predicted molar refractivity (Wildman–Crippen MR) is 55.4 cm³/mol. The zero-order chi connectivity index (χ0) is 15.0. The van der Waals surface area contributed by atoms with Crippen LogP contribution in [0.25, 0.3) is 0 Å². The molecule has 0 unspecified atom stereocenters. The monoisotopic (exact) mass is 319 g/mol. The predicted octanol–water partition coefficient (Wildman–Crippen LogP) is 2.63. The van der Waals surface area contributed by atoms with Crippen molar-refractivity contribution in [3.05, 3.63) is 0 Å². The Morgan fingerprint density at radius 1 is 1.17 bits per heavy atom. The van der Waals surface area contributed by atoms with Crippen LogP contribution in [-0.4, -0.2) is 35.2 Å². The number of hydrogen-bond acceptors (Lipinski definition) is 6. The summed E-state index contributed by atoms with van der Waals surface area (Å²) in [6.45, 7) is 2.89. The second-order valence-electron chi connectivity index (χ2n) is 2.52. The van der Waals surface area contributed by atoms with E-state index >= 15 is 0 Å². The van der Waals surface area contributed by atoms with E-state index in [1.165, 1.54) is 13.8 Å². The number of carbonyl (C=O) groups excluding carboxylic acids is 1. The van der Waals surface area contributed by atoms with Crippen molar-refractivity contribution in [1.29, 1.82) is 0 Å². The van der Waals surface area contributed by atoms with Gasteiger partial charge in [0.2, 0.25) is 0 Å². The van der Waals surface area contributed by atoms with Gasteiger partial charge < -0.3 is 19.3 Å². The summed E-state index contributed by atoms with van der Waals surface area (Å²) in [5, 5.41) is 18.0. The smallest absolute Gasteiger partial charge is 0.350 e. The minimum atomic E-state index is -6.39. The van der Waals surface area contributed by atoms with Crippen molar-refractivity contribution >= 4 is 22.4 Å². The van der Waals surface area contributed by atoms with Gasteiger partial charge in [-0.25, -0.2) is 0 Å². The summed E-state index contributed by atoms with van der Waals surface area (Å²) in [6.07, 6.45) is -0.279. The molecule has 18 heavy (non-hydrogen) atoms. The number of hydrogen-bond donors (Lipinski definition) is 2. The molecule has 0 aliphatic carbocycles. The Bertz CT molecular complexity index is 278. The summed E-state index contributed by atoms with van der Waals surface area (Å²) in [4.78, 5) is 10.2. The van der Waals surface area contributed by atoms with E-state index < -0.39 is 21.6 Å². The van der Waals surface area contributed by atoms with E-state index in [2.05, 4.69) is 9.05 Å². The summed E-state index contributed by atoms with van der Waals surface area (Å²) < 4.78 is 59.7. The Hall–Kier alpha value is -0.110. The van der Waals surface area contributed by atoms with Crippen molar-refractivity contribution in [2.75, 3.05) is 13.2 Å². The van der Waals surface area contributed by atoms with Crippen molar-refractivity contribution in [3.63, 3.8) is 0 Å². The lowest BCUT2D eigenvalue weighted by atomic mass is 10.7. The van der Waals surface area contributed by atoms with Crippen molar-refractivity contribution in [2.45, 2.75) is 19.4 Å². The minimum Gasteiger partial charge on any atom is -0.350 e. The van der Waals surface area contributed by atoms with Gasteiger partial charge in [0.15, 0.2) is 6.29 Å². The number of aliphatic hydroxyl groups is 2. The third-order valence-corrected chi connectivity index (χ3v) is 3.27. The van der Waals surface area contributed by atoms with Crippen molar-refractivity contribution in [3.8, 4) is 0 Å². The highest BCUT2D eigenvalue weighted by atomic mass is 31.3. The fourth-order valence-electron chi connectivity index (χ4n) is 0.632. The van der Waals surface area contributed by atoms with E-state index in [-0.39, 0.29) is 19.5 Å². The standard InChI is InChI=1S/C6H13O6P.F4P/c1-3-11-13(10,12-4-2)6(8,9)5-7;1-5(2,3)4/h5,8-9H,3-4H2,1-2H3;/q;+1. The lowest BCUT2D eigenvalue weighted by Gasteiger charge is -2.24. The molecule has 0 heterocycles. The van der Waals surface area contributed by atoms with Gasteiger partial charge in [0.05, 0.1) is 30.0 Å². The topological polar surface area (TPSA) is 93.1 Å². The maximum atomic E-state index is 11.5. The summed E-state index contributed by atoms with van der Waals surface area (Å²) in [5.41, 5.74) is -3.07. The first kappa shape index (κ1) is 20.2. The molecule has 110 valence electrons. The highest BCUT2D eigenvalue weighted by Crippen LogP contribution is 2.65. The van der Waals surface area contributed by atoms with Crippen LogP contribution in [0, 0.1) is 0 Å². The van der Waals surface area contributed by atoms with Gasteiger partial charge in [-0.05, 0) is 13.8 Å². The molecule has 6 nitrogen and oxygen atoms in total. The second-order valence-corrected chi connectivity index (χ2v) is 5.46. The number of carbonyl (C=O) groups is 1. The van der Waals surface area contributed by atoms with E-state index in [1.807, 2.05) is 0 Å². The molecule has 0 bridgehead atoms. The first-order chi connectivity index (χ1) is 7.93. The molecule has 0 aliphatic heterocycles. The Balaban J connectivity index is 0. The number of aldehydes is 1. The molecular weight excluding hydrogens is 306 g/mol. The van der Waals surface area contributed by atoms with Gasteiger partial charge in [-0.1, -0.05) is 0 Å². The second kappa shape index (κ2) is 8.14. The highest BCUT2D eigenvalue weighted by molar-refractivity contribution is 7.56. The first-order valence-electron chi connectivity index (χ1n) is 4.41. The minimum absolute atomic E-state index is 0.0476. The van der Waals surface area contributed by atoms with Crippen LogP contribution in [0.15, 0.2) is 0 Å². The molecular formula is C6H13F4O6P2+. The Morgan fingerprint density at radius 2 is 1.44 bits per heavy atom. The van der Waals surface area contributed by atoms with Crippen molar-refractivity contribution < 1.29 is 45.4 Å². The summed E-state index contributed by atoms with van der Waals surface area (Å²) in [7, 11) is -10.6. The van der Waals surface area contributed by atoms with Crippen LogP contribution in [0.1, 0.15) is 13.8 Å². The van der Waals surface area contributed by atoms with Gasteiger partial charge >= 0.3 is 21.6 Å². The molecule has 0 aromatic carbocycles. The Morgan fingerprint density at radius 3 is 1.61 bits per heavy atom.